The number of rotatable bonds is 12. The minimum atomic E-state index is -3.00. The summed E-state index contributed by atoms with van der Waals surface area (Å²) in [5.74, 6) is -5.28. The highest BCUT2D eigenvalue weighted by Crippen LogP contribution is 2.30. The molecule has 0 saturated heterocycles. The summed E-state index contributed by atoms with van der Waals surface area (Å²) in [6.45, 7) is -7.58. The minimum absolute atomic E-state index is 0.0503. The quantitative estimate of drug-likeness (QED) is 0.108. The summed E-state index contributed by atoms with van der Waals surface area (Å²) in [6.07, 6.45) is 7.74. The lowest BCUT2D eigenvalue weighted by Gasteiger charge is -2.09. The number of nitrogens with zero attached hydrogens (tertiary/aromatic N) is 4. The first-order valence-electron chi connectivity index (χ1n) is 40.0. The predicted molar refractivity (Wildman–Crippen MR) is 380 cm³/mol. The second-order valence-electron chi connectivity index (χ2n) is 22.7. The Bertz CT molecular complexity index is 5190. The average Bonchev–Trinajstić information content (AvgIpc) is 0.742. The minimum Gasteiger partial charge on any atom is -0.200 e. The molecule has 0 fully saturated rings. The van der Waals surface area contributed by atoms with Crippen LogP contribution < -0.4 is 18.3 Å². The SMILES string of the molecule is [2H]C([2H])([2H])C([2H])(Cc1cccc(-c2ccc(-c3ccccc3C)[n+](C)c2)c1)C([2H])([2H])[2H].[2H]C([2H])([2H])C([2H])(c1cccc(-c2ccc(-c3ccccc3C)[n+](C)c2)c1)C([2H])([2H])[2H].[2H]C([2H])([2H])Cc1cccc(-c2ccc(-c3ccccc3C)[n+](C)c2)c1.[2H]C([2H])([2H])c1cccc(-c2ccc(-c3ccccc3C)[n+](C)c2)c1. The topological polar surface area (TPSA) is 15.5 Å². The number of aromatic nitrogens is 4. The third kappa shape index (κ3) is 16.5. The Labute approximate surface area is 566 Å². The van der Waals surface area contributed by atoms with Gasteiger partial charge >= 0.3 is 0 Å². The third-order valence-corrected chi connectivity index (χ3v) is 16.0. The van der Waals surface area contributed by atoms with Gasteiger partial charge in [0.15, 0.2) is 24.8 Å². The second kappa shape index (κ2) is 30.5. The molecule has 0 atom stereocenters. The van der Waals surface area contributed by atoms with Crippen LogP contribution >= 0.6 is 0 Å². The number of hydrogen-bond donors (Lipinski definition) is 0. The van der Waals surface area contributed by atoms with E-state index in [2.05, 4.69) is 96.8 Å². The van der Waals surface area contributed by atoms with Crippen LogP contribution in [0.3, 0.4) is 0 Å². The summed E-state index contributed by atoms with van der Waals surface area (Å²) in [6, 6.07) is 77.4. The van der Waals surface area contributed by atoms with Crippen LogP contribution in [0.25, 0.3) is 89.5 Å². The molecule has 0 bridgehead atoms. The summed E-state index contributed by atoms with van der Waals surface area (Å²) in [5, 5.41) is 0. The van der Waals surface area contributed by atoms with Gasteiger partial charge in [0, 0.05) is 96.2 Å². The van der Waals surface area contributed by atoms with E-state index in [4.69, 9.17) is 27.4 Å². The zero-order valence-corrected chi connectivity index (χ0v) is 52.6. The van der Waals surface area contributed by atoms with Crippen molar-refractivity contribution in [3.8, 4) is 89.5 Å². The average molecular weight is 1200 g/mol. The molecule has 0 amide bonds. The number of aryl methyl sites for hydroxylation is 10. The van der Waals surface area contributed by atoms with Gasteiger partial charge < -0.3 is 0 Å². The fourth-order valence-electron chi connectivity index (χ4n) is 11.2. The summed E-state index contributed by atoms with van der Waals surface area (Å²) >= 11 is 0. The molecular weight excluding hydrogens is 1090 g/mol. The van der Waals surface area contributed by atoms with Gasteiger partial charge in [0.2, 0.25) is 22.8 Å². The zero-order valence-electron chi connectivity index (χ0n) is 72.6. The van der Waals surface area contributed by atoms with Crippen molar-refractivity contribution in [2.45, 2.75) is 87.5 Å². The molecule has 4 heteroatoms. The molecule has 12 rings (SSSR count). The molecule has 452 valence electrons. The van der Waals surface area contributed by atoms with Crippen LogP contribution in [0, 0.1) is 40.4 Å². The smallest absolute Gasteiger partial charge is 0.200 e. The fraction of sp³-hybridized carbons (Fsp3) is 0.209. The molecule has 12 aromatic rings. The lowest BCUT2D eigenvalue weighted by molar-refractivity contribution is -0.660. The van der Waals surface area contributed by atoms with E-state index in [1.54, 1.807) is 48.5 Å². The molecule has 4 aromatic heterocycles. The molecule has 0 aliphatic carbocycles. The molecule has 0 N–H and O–H groups in total. The van der Waals surface area contributed by atoms with Gasteiger partial charge in [0.1, 0.15) is 28.2 Å². The highest BCUT2D eigenvalue weighted by atomic mass is 14.9. The number of benzene rings is 8. The van der Waals surface area contributed by atoms with Gasteiger partial charge in [-0.25, -0.2) is 18.3 Å². The Kier molecular flexibility index (Phi) is 14.6. The van der Waals surface area contributed by atoms with E-state index in [1.807, 2.05) is 184 Å². The molecule has 0 aliphatic rings. The van der Waals surface area contributed by atoms with Crippen molar-refractivity contribution in [3.05, 3.63) is 312 Å². The lowest BCUT2D eigenvalue weighted by atomic mass is 9.97. The normalized spacial score (nSPS) is 15.2. The molecule has 4 heterocycles. The van der Waals surface area contributed by atoms with Gasteiger partial charge in [0.25, 0.3) is 0 Å². The van der Waals surface area contributed by atoms with E-state index in [0.717, 1.165) is 84.0 Å². The molecule has 0 saturated carbocycles. The van der Waals surface area contributed by atoms with Crippen molar-refractivity contribution in [2.75, 3.05) is 0 Å². The van der Waals surface area contributed by atoms with Gasteiger partial charge in [-0.15, -0.1) is 0 Å². The second-order valence-corrected chi connectivity index (χ2v) is 22.7. The van der Waals surface area contributed by atoms with Gasteiger partial charge in [-0.05, 0) is 169 Å². The van der Waals surface area contributed by atoms with E-state index in [-0.39, 0.29) is 18.4 Å². The van der Waals surface area contributed by atoms with Gasteiger partial charge in [-0.1, -0.05) is 210 Å². The molecule has 90 heavy (non-hydrogen) atoms. The third-order valence-electron chi connectivity index (χ3n) is 16.0. The molecule has 8 aromatic carbocycles. The Hall–Kier alpha value is -9.64. The van der Waals surface area contributed by atoms with Crippen LogP contribution in [-0.4, -0.2) is 0 Å². The van der Waals surface area contributed by atoms with Gasteiger partial charge in [0.05, 0.1) is 0 Å². The maximum Gasteiger partial charge on any atom is 0.212 e. The van der Waals surface area contributed by atoms with Crippen LogP contribution in [-0.2, 0) is 41.0 Å². The lowest BCUT2D eigenvalue weighted by Crippen LogP contribution is -2.30. The van der Waals surface area contributed by atoms with E-state index >= 15 is 0 Å². The first-order valence-corrected chi connectivity index (χ1v) is 30.0. The molecule has 0 radical (unpaired) electrons. The molecule has 0 spiro atoms. The predicted octanol–water partition coefficient (Wildman–Crippen LogP) is 19.8. The molecular formula is C86H92N4+4. The van der Waals surface area contributed by atoms with Crippen LogP contribution in [0.5, 0.6) is 0 Å². The maximum atomic E-state index is 8.41. The van der Waals surface area contributed by atoms with Crippen molar-refractivity contribution >= 4 is 0 Å². The largest absolute Gasteiger partial charge is 0.212 e. The molecule has 4 nitrogen and oxygen atoms in total. The first-order chi connectivity index (χ1) is 51.4. The van der Waals surface area contributed by atoms with Gasteiger partial charge in [-0.3, -0.25) is 0 Å². The summed E-state index contributed by atoms with van der Waals surface area (Å²) in [7, 11) is 7.94. The van der Waals surface area contributed by atoms with E-state index in [9.17, 15) is 0 Å². The number of pyridine rings is 4. The van der Waals surface area contributed by atoms with Crippen LogP contribution in [0.4, 0.5) is 0 Å². The molecule has 0 unspecified atom stereocenters. The zero-order chi connectivity index (χ0) is 80.7. The first kappa shape index (κ1) is 43.1. The van der Waals surface area contributed by atoms with E-state index < -0.39 is 52.9 Å². The van der Waals surface area contributed by atoms with Crippen molar-refractivity contribution in [3.63, 3.8) is 0 Å². The van der Waals surface area contributed by atoms with Crippen LogP contribution in [0.1, 0.15) is 112 Å². The fourth-order valence-corrected chi connectivity index (χ4v) is 11.2. The van der Waals surface area contributed by atoms with Crippen molar-refractivity contribution in [1.29, 1.82) is 0 Å². The summed E-state index contributed by atoms with van der Waals surface area (Å²) < 4.78 is 162. The standard InChI is InChI=1S/C23H26N.C22H24N.C21H22N.C20H20N/c1-17(2)14-19-9-7-10-20(15-19)21-12-13-23(24(4)16-21)22-11-6-5-8-18(22)3;1-16(2)18-9-7-10-19(14-18)20-12-13-22(23(4)15-20)21-11-6-5-8-17(21)3;1-4-17-9-7-10-18(14-17)19-12-13-21(22(3)15-19)20-11-6-5-8-16(20)2;1-15-7-6-9-17(13-15)18-11-12-20(21(3)14-18)19-10-5-4-8-16(19)2/h5-13,15-17H,14H2,1-4H3;5-16H,1-4H3;5-15H,4H2,1-3H3;4-14H,1-3H3/q4*+1/i1D3,2D3,17D;1D3,2D3,16D;2*1D3. The van der Waals surface area contributed by atoms with E-state index in [0.29, 0.717) is 16.7 Å². The Morgan fingerprint density at radius 2 is 0.689 bits per heavy atom. The monoisotopic (exact) mass is 1200 g/mol. The van der Waals surface area contributed by atoms with Crippen molar-refractivity contribution in [1.82, 2.24) is 0 Å². The van der Waals surface area contributed by atoms with Crippen LogP contribution in [0.15, 0.2) is 267 Å². The molecule has 0 aliphatic heterocycles. The highest BCUT2D eigenvalue weighted by molar-refractivity contribution is 5.71. The Morgan fingerprint density at radius 3 is 1.06 bits per heavy atom. The maximum absolute atomic E-state index is 8.41. The van der Waals surface area contributed by atoms with Crippen molar-refractivity contribution in [2.24, 2.45) is 34.1 Å². The van der Waals surface area contributed by atoms with Gasteiger partial charge in [-0.2, -0.15) is 0 Å². The van der Waals surface area contributed by atoms with E-state index in [1.165, 1.54) is 39.9 Å². The van der Waals surface area contributed by atoms with Crippen molar-refractivity contribution < 1.29 is 45.7 Å². The highest BCUT2D eigenvalue weighted by Gasteiger charge is 2.18. The summed E-state index contributed by atoms with van der Waals surface area (Å²) in [4.78, 5) is 0. The Balaban J connectivity index is 0.000000170. The Morgan fingerprint density at radius 1 is 0.333 bits per heavy atom. The summed E-state index contributed by atoms with van der Waals surface area (Å²) in [5.41, 5.74) is 22.7. The van der Waals surface area contributed by atoms with Crippen LogP contribution in [0.2, 0.25) is 0 Å². The number of hydrogen-bond acceptors (Lipinski definition) is 0.